The summed E-state index contributed by atoms with van der Waals surface area (Å²) in [4.78, 5) is 21.7. The third-order valence-electron chi connectivity index (χ3n) is 1.89. The van der Waals surface area contributed by atoms with Gasteiger partial charge in [0.1, 0.15) is 0 Å². The molecule has 0 radical (unpaired) electrons. The summed E-state index contributed by atoms with van der Waals surface area (Å²) >= 11 is 1.56. The van der Waals surface area contributed by atoms with Crippen molar-refractivity contribution >= 4 is 23.3 Å². The summed E-state index contributed by atoms with van der Waals surface area (Å²) in [6.07, 6.45) is -0.0775. The van der Waals surface area contributed by atoms with E-state index in [1.54, 1.807) is 18.3 Å². The van der Waals surface area contributed by atoms with E-state index < -0.39 is 5.97 Å². The Balaban J connectivity index is 2.23. The molecule has 6 heteroatoms. The van der Waals surface area contributed by atoms with Gasteiger partial charge in [-0.3, -0.25) is 4.79 Å². The molecule has 16 heavy (non-hydrogen) atoms. The molecule has 0 aliphatic carbocycles. The molecule has 5 nitrogen and oxygen atoms in total. The van der Waals surface area contributed by atoms with Crippen LogP contribution in [-0.4, -0.2) is 23.1 Å². The lowest BCUT2D eigenvalue weighted by Crippen LogP contribution is -2.41. The van der Waals surface area contributed by atoms with E-state index in [1.165, 1.54) is 0 Å². The molecule has 0 fully saturated rings. The SMILES string of the molecule is CC(CC(=O)O)NC(=O)NCc1ccsc1. The molecule has 0 spiro atoms. The Bertz CT molecular complexity index is 351. The number of thiophene rings is 1. The van der Waals surface area contributed by atoms with Crippen LogP contribution in [0.3, 0.4) is 0 Å². The van der Waals surface area contributed by atoms with Gasteiger partial charge in [-0.25, -0.2) is 4.79 Å². The molecule has 0 aliphatic heterocycles. The van der Waals surface area contributed by atoms with Crippen molar-refractivity contribution in [2.24, 2.45) is 0 Å². The molecule has 1 rings (SSSR count). The fourth-order valence-electron chi connectivity index (χ4n) is 1.16. The predicted octanol–water partition coefficient (Wildman–Crippen LogP) is 1.41. The number of urea groups is 1. The van der Waals surface area contributed by atoms with Crippen molar-refractivity contribution in [2.45, 2.75) is 25.9 Å². The Morgan fingerprint density at radius 1 is 1.56 bits per heavy atom. The lowest BCUT2D eigenvalue weighted by Gasteiger charge is -2.12. The summed E-state index contributed by atoms with van der Waals surface area (Å²) in [5.41, 5.74) is 1.03. The van der Waals surface area contributed by atoms with Gasteiger partial charge in [0, 0.05) is 12.6 Å². The van der Waals surface area contributed by atoms with Crippen LogP contribution in [-0.2, 0) is 11.3 Å². The molecule has 1 heterocycles. The summed E-state index contributed by atoms with van der Waals surface area (Å²) < 4.78 is 0. The highest BCUT2D eigenvalue weighted by molar-refractivity contribution is 7.07. The van der Waals surface area contributed by atoms with E-state index in [0.29, 0.717) is 6.54 Å². The number of nitrogens with one attached hydrogen (secondary N) is 2. The average molecular weight is 242 g/mol. The van der Waals surface area contributed by atoms with E-state index in [0.717, 1.165) is 5.56 Å². The number of carboxylic acids is 1. The monoisotopic (exact) mass is 242 g/mol. The Hall–Kier alpha value is -1.56. The van der Waals surface area contributed by atoms with Gasteiger partial charge in [0.25, 0.3) is 0 Å². The highest BCUT2D eigenvalue weighted by Crippen LogP contribution is 2.04. The van der Waals surface area contributed by atoms with Crippen LogP contribution in [0.5, 0.6) is 0 Å². The molecule has 2 amide bonds. The zero-order chi connectivity index (χ0) is 12.0. The van der Waals surface area contributed by atoms with Crippen LogP contribution in [0, 0.1) is 0 Å². The minimum atomic E-state index is -0.925. The molecule has 88 valence electrons. The van der Waals surface area contributed by atoms with Crippen LogP contribution >= 0.6 is 11.3 Å². The Morgan fingerprint density at radius 3 is 2.88 bits per heavy atom. The molecule has 0 saturated heterocycles. The van der Waals surface area contributed by atoms with E-state index in [-0.39, 0.29) is 18.5 Å². The second-order valence-electron chi connectivity index (χ2n) is 3.46. The third kappa shape index (κ3) is 4.79. The fourth-order valence-corrected chi connectivity index (χ4v) is 1.83. The van der Waals surface area contributed by atoms with Crippen LogP contribution in [0.25, 0.3) is 0 Å². The summed E-state index contributed by atoms with van der Waals surface area (Å²) in [5, 5.41) is 17.6. The zero-order valence-electron chi connectivity index (χ0n) is 8.90. The smallest absolute Gasteiger partial charge is 0.315 e. The first-order valence-electron chi connectivity index (χ1n) is 4.85. The summed E-state index contributed by atoms with van der Waals surface area (Å²) in [6, 6.07) is 1.20. The van der Waals surface area contributed by atoms with Gasteiger partial charge in [-0.05, 0) is 29.3 Å². The first-order valence-corrected chi connectivity index (χ1v) is 5.79. The highest BCUT2D eigenvalue weighted by Gasteiger charge is 2.10. The van der Waals surface area contributed by atoms with Gasteiger partial charge in [-0.2, -0.15) is 11.3 Å². The van der Waals surface area contributed by atoms with Crippen LogP contribution < -0.4 is 10.6 Å². The first-order chi connectivity index (χ1) is 7.58. The number of carbonyl (C=O) groups is 2. The maximum absolute atomic E-state index is 11.3. The molecule has 0 saturated carbocycles. The molecule has 3 N–H and O–H groups in total. The number of rotatable bonds is 5. The topological polar surface area (TPSA) is 78.4 Å². The summed E-state index contributed by atoms with van der Waals surface area (Å²) in [6.45, 7) is 2.10. The molecular weight excluding hydrogens is 228 g/mol. The normalized spacial score (nSPS) is 11.8. The molecule has 0 bridgehead atoms. The Labute approximate surface area is 97.5 Å². The highest BCUT2D eigenvalue weighted by atomic mass is 32.1. The molecule has 1 unspecified atom stereocenters. The molecule has 1 aromatic rings. The largest absolute Gasteiger partial charge is 0.481 e. The van der Waals surface area contributed by atoms with Crippen LogP contribution in [0.2, 0.25) is 0 Å². The summed E-state index contributed by atoms with van der Waals surface area (Å²) in [5.74, 6) is -0.925. The van der Waals surface area contributed by atoms with Crippen molar-refractivity contribution in [3.63, 3.8) is 0 Å². The van der Waals surface area contributed by atoms with Gasteiger partial charge in [0.15, 0.2) is 0 Å². The first kappa shape index (κ1) is 12.5. The maximum Gasteiger partial charge on any atom is 0.315 e. The maximum atomic E-state index is 11.3. The number of carboxylic acid groups (broad SMARTS) is 1. The van der Waals surface area contributed by atoms with Gasteiger partial charge in [0.05, 0.1) is 6.42 Å². The molecule has 0 aliphatic rings. The quantitative estimate of drug-likeness (QED) is 0.730. The summed E-state index contributed by atoms with van der Waals surface area (Å²) in [7, 11) is 0. The van der Waals surface area contributed by atoms with Crippen molar-refractivity contribution in [3.8, 4) is 0 Å². The van der Waals surface area contributed by atoms with Gasteiger partial charge < -0.3 is 15.7 Å². The lowest BCUT2D eigenvalue weighted by atomic mass is 10.2. The van der Waals surface area contributed by atoms with Crippen molar-refractivity contribution in [1.82, 2.24) is 10.6 Å². The molecule has 0 aromatic carbocycles. The second-order valence-corrected chi connectivity index (χ2v) is 4.24. The second kappa shape index (κ2) is 6.12. The Morgan fingerprint density at radius 2 is 2.31 bits per heavy atom. The van der Waals surface area contributed by atoms with E-state index >= 15 is 0 Å². The fraction of sp³-hybridized carbons (Fsp3) is 0.400. The average Bonchev–Trinajstić information content (AvgIpc) is 2.65. The standard InChI is InChI=1S/C10H14N2O3S/c1-7(4-9(13)14)12-10(15)11-5-8-2-3-16-6-8/h2-3,6-7H,4-5H2,1H3,(H,13,14)(H2,11,12,15). The molecule has 1 aromatic heterocycles. The van der Waals surface area contributed by atoms with E-state index in [2.05, 4.69) is 10.6 Å². The van der Waals surface area contributed by atoms with Gasteiger partial charge in [0.2, 0.25) is 0 Å². The van der Waals surface area contributed by atoms with Gasteiger partial charge >= 0.3 is 12.0 Å². The van der Waals surface area contributed by atoms with Crippen molar-refractivity contribution in [2.75, 3.05) is 0 Å². The third-order valence-corrected chi connectivity index (χ3v) is 2.62. The van der Waals surface area contributed by atoms with E-state index in [1.807, 2.05) is 16.8 Å². The van der Waals surface area contributed by atoms with Gasteiger partial charge in [-0.15, -0.1) is 0 Å². The van der Waals surface area contributed by atoms with Crippen molar-refractivity contribution < 1.29 is 14.7 Å². The van der Waals surface area contributed by atoms with Crippen LogP contribution in [0.1, 0.15) is 18.9 Å². The lowest BCUT2D eigenvalue weighted by molar-refractivity contribution is -0.137. The number of hydrogen-bond acceptors (Lipinski definition) is 3. The van der Waals surface area contributed by atoms with Crippen LogP contribution in [0.4, 0.5) is 4.79 Å². The Kier molecular flexibility index (Phi) is 4.78. The number of carbonyl (C=O) groups excluding carboxylic acids is 1. The van der Waals surface area contributed by atoms with E-state index in [9.17, 15) is 9.59 Å². The minimum absolute atomic E-state index is 0.0775. The molecular formula is C10H14N2O3S. The van der Waals surface area contributed by atoms with E-state index in [4.69, 9.17) is 5.11 Å². The number of hydrogen-bond donors (Lipinski definition) is 3. The van der Waals surface area contributed by atoms with Crippen molar-refractivity contribution in [1.29, 1.82) is 0 Å². The van der Waals surface area contributed by atoms with Crippen LogP contribution in [0.15, 0.2) is 16.8 Å². The molecule has 1 atom stereocenters. The zero-order valence-corrected chi connectivity index (χ0v) is 9.71. The predicted molar refractivity (Wildman–Crippen MR) is 61.4 cm³/mol. The number of aliphatic carboxylic acids is 1. The van der Waals surface area contributed by atoms with Gasteiger partial charge in [-0.1, -0.05) is 0 Å². The number of amides is 2. The van der Waals surface area contributed by atoms with Crippen molar-refractivity contribution in [3.05, 3.63) is 22.4 Å². The minimum Gasteiger partial charge on any atom is -0.481 e.